The van der Waals surface area contributed by atoms with E-state index in [2.05, 4.69) is 36.6 Å². The lowest BCUT2D eigenvalue weighted by atomic mass is 10.0. The van der Waals surface area contributed by atoms with Crippen molar-refractivity contribution in [2.24, 2.45) is 0 Å². The third-order valence-corrected chi connectivity index (χ3v) is 4.46. The monoisotopic (exact) mass is 342 g/mol. The number of hydrogen-bond acceptors (Lipinski definition) is 3. The molecule has 0 spiro atoms. The third-order valence-electron chi connectivity index (χ3n) is 4.46. The second-order valence-electron chi connectivity index (χ2n) is 6.30. The Balaban J connectivity index is 1.93. The molecule has 5 nitrogen and oxygen atoms in total. The minimum Gasteiger partial charge on any atom is -0.465 e. The fraction of sp³-hybridized carbons (Fsp3) is 0.350. The first kappa shape index (κ1) is 19.0. The van der Waals surface area contributed by atoms with Crippen LogP contribution in [0.4, 0.5) is 4.79 Å². The lowest BCUT2D eigenvalue weighted by molar-refractivity contribution is 0.117. The SMILES string of the molecule is Cc1cccc(CNC[C@@H](O)[C@H](Cc2ccccc2)NC(=O)O)c1C. The fourth-order valence-electron chi connectivity index (χ4n) is 2.81. The van der Waals surface area contributed by atoms with Gasteiger partial charge >= 0.3 is 6.09 Å². The number of aliphatic hydroxyl groups is 1. The minimum atomic E-state index is -1.13. The zero-order valence-electron chi connectivity index (χ0n) is 14.7. The van der Waals surface area contributed by atoms with Gasteiger partial charge in [-0.25, -0.2) is 4.79 Å². The molecule has 0 aliphatic rings. The molecule has 0 saturated heterocycles. The van der Waals surface area contributed by atoms with Crippen LogP contribution in [-0.4, -0.2) is 35.0 Å². The average Bonchev–Trinajstić information content (AvgIpc) is 2.58. The molecule has 2 aromatic rings. The molecule has 0 heterocycles. The fourth-order valence-corrected chi connectivity index (χ4v) is 2.81. The van der Waals surface area contributed by atoms with E-state index in [1.165, 1.54) is 16.7 Å². The van der Waals surface area contributed by atoms with E-state index in [1.807, 2.05) is 36.4 Å². The summed E-state index contributed by atoms with van der Waals surface area (Å²) < 4.78 is 0. The van der Waals surface area contributed by atoms with Crippen molar-refractivity contribution in [2.45, 2.75) is 39.0 Å². The Bertz CT molecular complexity index is 689. The molecule has 4 N–H and O–H groups in total. The minimum absolute atomic E-state index is 0.311. The molecule has 0 saturated carbocycles. The quantitative estimate of drug-likeness (QED) is 0.594. The van der Waals surface area contributed by atoms with Gasteiger partial charge in [-0.15, -0.1) is 0 Å². The van der Waals surface area contributed by atoms with Crippen molar-refractivity contribution in [3.63, 3.8) is 0 Å². The van der Waals surface area contributed by atoms with Crippen molar-refractivity contribution in [2.75, 3.05) is 6.54 Å². The Kier molecular flexibility index (Phi) is 6.98. The van der Waals surface area contributed by atoms with Gasteiger partial charge < -0.3 is 20.8 Å². The van der Waals surface area contributed by atoms with Gasteiger partial charge in [0.1, 0.15) is 0 Å². The molecule has 2 atom stereocenters. The molecule has 0 unspecified atom stereocenters. The van der Waals surface area contributed by atoms with Gasteiger partial charge in [-0.05, 0) is 42.5 Å². The molecule has 0 bridgehead atoms. The Labute approximate surface area is 148 Å². The highest BCUT2D eigenvalue weighted by atomic mass is 16.4. The zero-order chi connectivity index (χ0) is 18.2. The second-order valence-corrected chi connectivity index (χ2v) is 6.30. The summed E-state index contributed by atoms with van der Waals surface area (Å²) in [5, 5.41) is 25.1. The Morgan fingerprint density at radius 1 is 1.08 bits per heavy atom. The van der Waals surface area contributed by atoms with Crippen LogP contribution >= 0.6 is 0 Å². The molecule has 25 heavy (non-hydrogen) atoms. The standard InChI is InChI=1S/C20H26N2O3/c1-14-7-6-10-17(15(14)2)12-21-13-19(23)18(22-20(24)25)11-16-8-4-3-5-9-16/h3-10,18-19,21-23H,11-13H2,1-2H3,(H,24,25)/t18-,19+/m0/s1. The zero-order valence-corrected chi connectivity index (χ0v) is 14.7. The highest BCUT2D eigenvalue weighted by Crippen LogP contribution is 2.12. The van der Waals surface area contributed by atoms with E-state index in [0.29, 0.717) is 19.5 Å². The van der Waals surface area contributed by atoms with Crippen LogP contribution in [0.1, 0.15) is 22.3 Å². The summed E-state index contributed by atoms with van der Waals surface area (Å²) in [7, 11) is 0. The van der Waals surface area contributed by atoms with Crippen molar-refractivity contribution in [3.8, 4) is 0 Å². The molecule has 2 rings (SSSR count). The molecule has 0 aliphatic heterocycles. The van der Waals surface area contributed by atoms with Crippen LogP contribution < -0.4 is 10.6 Å². The summed E-state index contributed by atoms with van der Waals surface area (Å²) in [6, 6.07) is 15.1. The normalized spacial score (nSPS) is 13.2. The molecule has 134 valence electrons. The first-order valence-corrected chi connectivity index (χ1v) is 8.44. The van der Waals surface area contributed by atoms with Crippen molar-refractivity contribution in [1.82, 2.24) is 10.6 Å². The van der Waals surface area contributed by atoms with Gasteiger partial charge in [0, 0.05) is 13.1 Å². The van der Waals surface area contributed by atoms with E-state index in [1.54, 1.807) is 0 Å². The molecule has 0 fully saturated rings. The van der Waals surface area contributed by atoms with Crippen molar-refractivity contribution < 1.29 is 15.0 Å². The number of benzene rings is 2. The largest absolute Gasteiger partial charge is 0.465 e. The maximum atomic E-state index is 11.0. The first-order valence-electron chi connectivity index (χ1n) is 8.44. The molecule has 0 aromatic heterocycles. The predicted octanol–water partition coefficient (Wildman–Crippen LogP) is 2.63. The van der Waals surface area contributed by atoms with Crippen molar-refractivity contribution in [1.29, 1.82) is 0 Å². The van der Waals surface area contributed by atoms with Gasteiger partial charge in [-0.2, -0.15) is 0 Å². The van der Waals surface area contributed by atoms with E-state index >= 15 is 0 Å². The number of hydrogen-bond donors (Lipinski definition) is 4. The number of rotatable bonds is 8. The Hall–Kier alpha value is -2.37. The number of aryl methyl sites for hydroxylation is 1. The molecule has 0 radical (unpaired) electrons. The van der Waals surface area contributed by atoms with Gasteiger partial charge in [0.25, 0.3) is 0 Å². The molecule has 5 heteroatoms. The van der Waals surface area contributed by atoms with E-state index in [0.717, 1.165) is 5.56 Å². The number of nitrogens with one attached hydrogen (secondary N) is 2. The molecule has 0 aliphatic carbocycles. The third kappa shape index (κ3) is 5.89. The number of carboxylic acid groups (broad SMARTS) is 1. The molecule has 1 amide bonds. The van der Waals surface area contributed by atoms with E-state index in [9.17, 15) is 9.90 Å². The highest BCUT2D eigenvalue weighted by Gasteiger charge is 2.21. The highest BCUT2D eigenvalue weighted by molar-refractivity contribution is 5.65. The number of aliphatic hydroxyl groups excluding tert-OH is 1. The van der Waals surface area contributed by atoms with Gasteiger partial charge in [0.2, 0.25) is 0 Å². The van der Waals surface area contributed by atoms with Gasteiger partial charge in [-0.3, -0.25) is 0 Å². The van der Waals surface area contributed by atoms with E-state index in [-0.39, 0.29) is 0 Å². The van der Waals surface area contributed by atoms with Crippen LogP contribution in [0.5, 0.6) is 0 Å². The summed E-state index contributed by atoms with van der Waals surface area (Å²) in [5.41, 5.74) is 4.62. The number of carbonyl (C=O) groups is 1. The summed E-state index contributed by atoms with van der Waals surface area (Å²) in [6.45, 7) is 5.09. The summed E-state index contributed by atoms with van der Waals surface area (Å²) >= 11 is 0. The first-order chi connectivity index (χ1) is 12.0. The lowest BCUT2D eigenvalue weighted by Crippen LogP contribution is -2.48. The van der Waals surface area contributed by atoms with Crippen LogP contribution in [0.25, 0.3) is 0 Å². The predicted molar refractivity (Wildman–Crippen MR) is 98.7 cm³/mol. The van der Waals surface area contributed by atoms with Crippen LogP contribution in [0.15, 0.2) is 48.5 Å². The summed E-state index contributed by atoms with van der Waals surface area (Å²) in [6.07, 6.45) is -1.50. The van der Waals surface area contributed by atoms with Crippen LogP contribution in [0.2, 0.25) is 0 Å². The number of amides is 1. The smallest absolute Gasteiger partial charge is 0.404 e. The maximum absolute atomic E-state index is 11.0. The Morgan fingerprint density at radius 2 is 1.80 bits per heavy atom. The van der Waals surface area contributed by atoms with Crippen LogP contribution in [0.3, 0.4) is 0 Å². The molecular formula is C20H26N2O3. The van der Waals surface area contributed by atoms with Gasteiger partial charge in [0.15, 0.2) is 0 Å². The topological polar surface area (TPSA) is 81.6 Å². The van der Waals surface area contributed by atoms with Crippen molar-refractivity contribution >= 4 is 6.09 Å². The summed E-state index contributed by atoms with van der Waals surface area (Å²) in [4.78, 5) is 11.0. The van der Waals surface area contributed by atoms with E-state index in [4.69, 9.17) is 5.11 Å². The summed E-state index contributed by atoms with van der Waals surface area (Å²) in [5.74, 6) is 0. The molecule has 2 aromatic carbocycles. The van der Waals surface area contributed by atoms with Gasteiger partial charge in [-0.1, -0.05) is 48.5 Å². The van der Waals surface area contributed by atoms with Crippen LogP contribution in [-0.2, 0) is 13.0 Å². The molecular weight excluding hydrogens is 316 g/mol. The lowest BCUT2D eigenvalue weighted by Gasteiger charge is -2.23. The van der Waals surface area contributed by atoms with Crippen LogP contribution in [0, 0.1) is 13.8 Å². The second kappa shape index (κ2) is 9.20. The average molecular weight is 342 g/mol. The maximum Gasteiger partial charge on any atom is 0.404 e. The van der Waals surface area contributed by atoms with Crippen molar-refractivity contribution in [3.05, 3.63) is 70.8 Å². The van der Waals surface area contributed by atoms with E-state index < -0.39 is 18.2 Å². The Morgan fingerprint density at radius 3 is 2.48 bits per heavy atom. The van der Waals surface area contributed by atoms with Gasteiger partial charge in [0.05, 0.1) is 12.1 Å².